The van der Waals surface area contributed by atoms with Crippen LogP contribution in [0, 0.1) is 0 Å². The number of carbonyl (C=O) groups excluding carboxylic acids is 1. The fourth-order valence-corrected chi connectivity index (χ4v) is 5.51. The highest BCUT2D eigenvalue weighted by Crippen LogP contribution is 2.50. The number of benzene rings is 2. The molecule has 0 N–H and O–H groups in total. The molecule has 1 fully saturated rings. The summed E-state index contributed by atoms with van der Waals surface area (Å²) in [5, 5.41) is 2.51. The van der Waals surface area contributed by atoms with Gasteiger partial charge >= 0.3 is 0 Å². The first-order valence-corrected chi connectivity index (χ1v) is 11.1. The molecule has 1 aliphatic heterocycles. The van der Waals surface area contributed by atoms with Gasteiger partial charge in [-0.25, -0.2) is 4.98 Å². The Morgan fingerprint density at radius 2 is 1.93 bits per heavy atom. The number of aromatic nitrogens is 2. The zero-order valence-electron chi connectivity index (χ0n) is 18.1. The Morgan fingerprint density at radius 1 is 1.17 bits per heavy atom. The van der Waals surface area contributed by atoms with Crippen molar-refractivity contribution in [3.8, 4) is 0 Å². The van der Waals surface area contributed by atoms with Crippen LogP contribution in [0.25, 0.3) is 10.8 Å². The van der Waals surface area contributed by atoms with Gasteiger partial charge in [0.05, 0.1) is 0 Å². The van der Waals surface area contributed by atoms with Crippen LogP contribution < -0.4 is 4.90 Å². The standard InChI is InChI=1S/C26H29N3O/c1-4-28-21-14-13-18-9-5-8-12-20(18)24(21)26(2,3)23(28)17-22(30)25-27-15-16-29(25)19-10-6-7-11-19/h5,8-9,12-17,19H,4,6-7,10-11H2,1-3H3. The molecule has 1 aromatic heterocycles. The van der Waals surface area contributed by atoms with Crippen LogP contribution in [-0.2, 0) is 5.41 Å². The second kappa shape index (κ2) is 7.12. The lowest BCUT2D eigenvalue weighted by atomic mass is 9.81. The second-order valence-corrected chi connectivity index (χ2v) is 9.04. The fraction of sp³-hybridized carbons (Fsp3) is 0.385. The third kappa shape index (κ3) is 2.81. The predicted octanol–water partition coefficient (Wildman–Crippen LogP) is 6.04. The van der Waals surface area contributed by atoms with E-state index in [1.54, 1.807) is 6.20 Å². The van der Waals surface area contributed by atoms with Crippen molar-refractivity contribution in [2.45, 2.75) is 57.9 Å². The Hall–Kier alpha value is -2.88. The maximum absolute atomic E-state index is 13.4. The Labute approximate surface area is 178 Å². The Morgan fingerprint density at radius 3 is 2.70 bits per heavy atom. The number of fused-ring (bicyclic) bond motifs is 3. The molecule has 0 unspecified atom stereocenters. The zero-order valence-corrected chi connectivity index (χ0v) is 18.1. The van der Waals surface area contributed by atoms with Crippen LogP contribution in [0.1, 0.15) is 68.7 Å². The zero-order chi connectivity index (χ0) is 20.9. The molecule has 2 heterocycles. The summed E-state index contributed by atoms with van der Waals surface area (Å²) in [4.78, 5) is 20.2. The summed E-state index contributed by atoms with van der Waals surface area (Å²) in [6.07, 6.45) is 10.3. The van der Waals surface area contributed by atoms with Crippen LogP contribution in [-0.4, -0.2) is 21.9 Å². The molecular weight excluding hydrogens is 370 g/mol. The van der Waals surface area contributed by atoms with Gasteiger partial charge in [0.2, 0.25) is 5.78 Å². The molecule has 0 radical (unpaired) electrons. The van der Waals surface area contributed by atoms with E-state index >= 15 is 0 Å². The third-order valence-corrected chi connectivity index (χ3v) is 6.95. The molecule has 154 valence electrons. The number of rotatable bonds is 4. The van der Waals surface area contributed by atoms with Crippen molar-refractivity contribution in [3.05, 3.63) is 72.0 Å². The van der Waals surface area contributed by atoms with Gasteiger partial charge in [-0.3, -0.25) is 4.79 Å². The van der Waals surface area contributed by atoms with Crippen molar-refractivity contribution in [1.29, 1.82) is 0 Å². The molecule has 0 atom stereocenters. The van der Waals surface area contributed by atoms with Crippen molar-refractivity contribution < 1.29 is 4.79 Å². The minimum atomic E-state index is -0.257. The lowest BCUT2D eigenvalue weighted by molar-refractivity contribution is 0.102. The van der Waals surface area contributed by atoms with Gasteiger partial charge in [0.1, 0.15) is 0 Å². The molecule has 5 rings (SSSR count). The molecule has 2 aliphatic rings. The van der Waals surface area contributed by atoms with Crippen molar-refractivity contribution >= 4 is 22.2 Å². The topological polar surface area (TPSA) is 38.1 Å². The molecule has 4 heteroatoms. The molecule has 4 nitrogen and oxygen atoms in total. The predicted molar refractivity (Wildman–Crippen MR) is 122 cm³/mol. The molecule has 3 aromatic rings. The van der Waals surface area contributed by atoms with Crippen molar-refractivity contribution in [3.63, 3.8) is 0 Å². The van der Waals surface area contributed by atoms with Gasteiger partial charge in [0, 0.05) is 47.9 Å². The maximum Gasteiger partial charge on any atom is 0.223 e. The highest BCUT2D eigenvalue weighted by molar-refractivity contribution is 6.04. The summed E-state index contributed by atoms with van der Waals surface area (Å²) in [6.45, 7) is 7.44. The number of imidazole rings is 1. The van der Waals surface area contributed by atoms with Gasteiger partial charge in [-0.15, -0.1) is 0 Å². The van der Waals surface area contributed by atoms with Crippen LogP contribution in [0.4, 0.5) is 5.69 Å². The molecular formula is C26H29N3O. The first-order valence-electron chi connectivity index (χ1n) is 11.1. The molecule has 2 aromatic carbocycles. The molecule has 0 amide bonds. The lowest BCUT2D eigenvalue weighted by Crippen LogP contribution is -2.27. The summed E-state index contributed by atoms with van der Waals surface area (Å²) in [7, 11) is 0. The van der Waals surface area contributed by atoms with E-state index in [0.29, 0.717) is 11.9 Å². The Balaban J connectivity index is 1.60. The Kier molecular flexibility index (Phi) is 4.53. The van der Waals surface area contributed by atoms with E-state index < -0.39 is 0 Å². The largest absolute Gasteiger partial charge is 0.344 e. The third-order valence-electron chi connectivity index (χ3n) is 6.95. The van der Waals surface area contributed by atoms with E-state index in [1.807, 2.05) is 12.3 Å². The van der Waals surface area contributed by atoms with Gasteiger partial charge in [-0.05, 0) is 42.2 Å². The molecule has 30 heavy (non-hydrogen) atoms. The van der Waals surface area contributed by atoms with E-state index in [-0.39, 0.29) is 11.2 Å². The van der Waals surface area contributed by atoms with E-state index in [2.05, 4.69) is 71.6 Å². The van der Waals surface area contributed by atoms with E-state index in [9.17, 15) is 4.79 Å². The van der Waals surface area contributed by atoms with Crippen molar-refractivity contribution in [2.24, 2.45) is 0 Å². The van der Waals surface area contributed by atoms with E-state index in [1.165, 1.54) is 34.9 Å². The molecule has 1 aliphatic carbocycles. The first kappa shape index (κ1) is 19.1. The monoisotopic (exact) mass is 399 g/mol. The Bertz CT molecular complexity index is 1150. The van der Waals surface area contributed by atoms with Gasteiger partial charge in [-0.1, -0.05) is 57.0 Å². The summed E-state index contributed by atoms with van der Waals surface area (Å²) < 4.78 is 2.10. The van der Waals surface area contributed by atoms with Crippen LogP contribution in [0.15, 0.2) is 60.6 Å². The van der Waals surface area contributed by atoms with Gasteiger partial charge in [0.15, 0.2) is 5.82 Å². The van der Waals surface area contributed by atoms with Crippen LogP contribution in [0.3, 0.4) is 0 Å². The lowest BCUT2D eigenvalue weighted by Gasteiger charge is -2.26. The number of carbonyl (C=O) groups is 1. The van der Waals surface area contributed by atoms with Crippen LogP contribution in [0.2, 0.25) is 0 Å². The number of hydrogen-bond acceptors (Lipinski definition) is 3. The minimum absolute atomic E-state index is 0.00513. The normalized spacial score (nSPS) is 19.7. The number of ketones is 1. The number of hydrogen-bond donors (Lipinski definition) is 0. The second-order valence-electron chi connectivity index (χ2n) is 9.04. The maximum atomic E-state index is 13.4. The molecule has 0 spiro atoms. The van der Waals surface area contributed by atoms with Crippen molar-refractivity contribution in [1.82, 2.24) is 9.55 Å². The first-order chi connectivity index (χ1) is 14.5. The van der Waals surface area contributed by atoms with Gasteiger partial charge in [-0.2, -0.15) is 0 Å². The summed E-state index contributed by atoms with van der Waals surface area (Å²) in [6, 6.07) is 13.3. The average molecular weight is 400 g/mol. The summed E-state index contributed by atoms with van der Waals surface area (Å²) >= 11 is 0. The highest BCUT2D eigenvalue weighted by Gasteiger charge is 2.41. The van der Waals surface area contributed by atoms with Crippen LogP contribution in [0.5, 0.6) is 0 Å². The number of allylic oxidation sites excluding steroid dienone is 2. The van der Waals surface area contributed by atoms with Gasteiger partial charge < -0.3 is 9.47 Å². The molecule has 0 saturated heterocycles. The van der Waals surface area contributed by atoms with Gasteiger partial charge in [0.25, 0.3) is 0 Å². The minimum Gasteiger partial charge on any atom is -0.344 e. The smallest absolute Gasteiger partial charge is 0.223 e. The number of likely N-dealkylation sites (N-methyl/N-ethyl adjacent to an activating group) is 1. The molecule has 0 bridgehead atoms. The van der Waals surface area contributed by atoms with E-state index in [4.69, 9.17) is 0 Å². The SMILES string of the molecule is CCN1C(=CC(=O)c2nccn2C2CCCC2)C(C)(C)c2c1ccc1ccccc21. The summed E-state index contributed by atoms with van der Waals surface area (Å²) in [5.74, 6) is 0.576. The summed E-state index contributed by atoms with van der Waals surface area (Å²) in [5.41, 5.74) is 3.31. The highest BCUT2D eigenvalue weighted by atomic mass is 16.1. The number of anilines is 1. The fourth-order valence-electron chi connectivity index (χ4n) is 5.51. The average Bonchev–Trinajstić information content (AvgIpc) is 3.47. The number of nitrogens with zero attached hydrogens (tertiary/aromatic N) is 3. The van der Waals surface area contributed by atoms with Crippen molar-refractivity contribution in [2.75, 3.05) is 11.4 Å². The van der Waals surface area contributed by atoms with E-state index in [0.717, 1.165) is 25.1 Å². The quantitative estimate of drug-likeness (QED) is 0.397. The van der Waals surface area contributed by atoms with Crippen LogP contribution >= 0.6 is 0 Å². The molecule has 1 saturated carbocycles.